The van der Waals surface area contributed by atoms with Crippen LogP contribution in [0, 0.1) is 0 Å². The molecule has 2 heterocycles. The Bertz CT molecular complexity index is 846. The number of hydrogen-bond acceptors (Lipinski definition) is 7. The van der Waals surface area contributed by atoms with Gasteiger partial charge in [0.2, 0.25) is 0 Å². The van der Waals surface area contributed by atoms with E-state index in [-0.39, 0.29) is 5.97 Å². The number of nitrogens with zero attached hydrogens (tertiary/aromatic N) is 2. The fraction of sp³-hybridized carbons (Fsp3) is 0.118. The highest BCUT2D eigenvalue weighted by molar-refractivity contribution is 7.14. The van der Waals surface area contributed by atoms with Crippen molar-refractivity contribution in [2.45, 2.75) is 0 Å². The normalized spacial score (nSPS) is 10.2. The zero-order chi connectivity index (χ0) is 16.9. The summed E-state index contributed by atoms with van der Waals surface area (Å²) in [6.07, 6.45) is 0. The van der Waals surface area contributed by atoms with Gasteiger partial charge in [-0.3, -0.25) is 0 Å². The molecular formula is C17H16N4O2S. The molecule has 0 amide bonds. The van der Waals surface area contributed by atoms with E-state index < -0.39 is 0 Å². The molecule has 0 aliphatic carbocycles. The van der Waals surface area contributed by atoms with Crippen molar-refractivity contribution < 1.29 is 9.53 Å². The molecule has 3 aromatic rings. The molecule has 0 bridgehead atoms. The van der Waals surface area contributed by atoms with E-state index in [4.69, 9.17) is 4.74 Å². The number of esters is 1. The molecule has 0 spiro atoms. The van der Waals surface area contributed by atoms with Gasteiger partial charge in [-0.25, -0.2) is 14.8 Å². The van der Waals surface area contributed by atoms with Crippen molar-refractivity contribution in [2.24, 2.45) is 0 Å². The van der Waals surface area contributed by atoms with Gasteiger partial charge in [-0.2, -0.15) is 0 Å². The maximum atomic E-state index is 11.5. The fourth-order valence-corrected chi connectivity index (χ4v) is 2.84. The van der Waals surface area contributed by atoms with Gasteiger partial charge in [0, 0.05) is 18.0 Å². The number of pyridine rings is 1. The van der Waals surface area contributed by atoms with E-state index >= 15 is 0 Å². The topological polar surface area (TPSA) is 76.1 Å². The molecule has 1 aromatic carbocycles. The van der Waals surface area contributed by atoms with Gasteiger partial charge in [-0.1, -0.05) is 18.2 Å². The highest BCUT2D eigenvalue weighted by Crippen LogP contribution is 2.27. The quantitative estimate of drug-likeness (QED) is 0.689. The van der Waals surface area contributed by atoms with Crippen molar-refractivity contribution in [1.82, 2.24) is 9.97 Å². The van der Waals surface area contributed by atoms with Crippen molar-refractivity contribution in [1.29, 1.82) is 0 Å². The van der Waals surface area contributed by atoms with Crippen LogP contribution in [0.25, 0.3) is 11.3 Å². The van der Waals surface area contributed by atoms with E-state index in [1.54, 1.807) is 12.1 Å². The van der Waals surface area contributed by atoms with E-state index in [9.17, 15) is 4.79 Å². The third kappa shape index (κ3) is 3.52. The number of methoxy groups -OCH3 is 1. The predicted molar refractivity (Wildman–Crippen MR) is 96.0 cm³/mol. The molecule has 0 unspecified atom stereocenters. The van der Waals surface area contributed by atoms with Crippen LogP contribution < -0.4 is 10.6 Å². The lowest BCUT2D eigenvalue weighted by molar-refractivity contribution is 0.0601. The van der Waals surface area contributed by atoms with Gasteiger partial charge in [0.1, 0.15) is 11.6 Å². The van der Waals surface area contributed by atoms with Crippen molar-refractivity contribution in [2.75, 3.05) is 24.8 Å². The minimum absolute atomic E-state index is 0.349. The monoisotopic (exact) mass is 340 g/mol. The molecule has 0 aliphatic heterocycles. The number of aromatic nitrogens is 2. The molecule has 0 fully saturated rings. The Morgan fingerprint density at radius 3 is 2.54 bits per heavy atom. The summed E-state index contributed by atoms with van der Waals surface area (Å²) in [5, 5.41) is 8.90. The highest BCUT2D eigenvalue weighted by atomic mass is 32.1. The van der Waals surface area contributed by atoms with E-state index in [1.165, 1.54) is 18.4 Å². The first-order chi connectivity index (χ1) is 11.7. The van der Waals surface area contributed by atoms with E-state index in [0.29, 0.717) is 5.56 Å². The smallest absolute Gasteiger partial charge is 0.337 e. The number of rotatable bonds is 5. The Morgan fingerprint density at radius 2 is 1.83 bits per heavy atom. The molecule has 2 aromatic heterocycles. The van der Waals surface area contributed by atoms with Crippen LogP contribution >= 0.6 is 11.3 Å². The number of carbonyl (C=O) groups is 1. The first kappa shape index (κ1) is 15.9. The number of hydrogen-bond donors (Lipinski definition) is 2. The summed E-state index contributed by atoms with van der Waals surface area (Å²) in [5.41, 5.74) is 2.29. The predicted octanol–water partition coefficient (Wildman–Crippen LogP) is 3.78. The number of benzene rings is 1. The minimum atomic E-state index is -0.349. The van der Waals surface area contributed by atoms with Crippen LogP contribution in [0.15, 0.2) is 47.8 Å². The van der Waals surface area contributed by atoms with Crippen molar-refractivity contribution in [3.63, 3.8) is 0 Å². The molecule has 7 heteroatoms. The number of nitrogens with one attached hydrogen (secondary N) is 2. The second-order valence-electron chi connectivity index (χ2n) is 4.89. The molecule has 0 saturated carbocycles. The Kier molecular flexibility index (Phi) is 4.72. The van der Waals surface area contributed by atoms with Gasteiger partial charge in [0.15, 0.2) is 5.13 Å². The lowest BCUT2D eigenvalue weighted by Crippen LogP contribution is -2.00. The van der Waals surface area contributed by atoms with Gasteiger partial charge in [-0.05, 0) is 24.3 Å². The molecular weight excluding hydrogens is 324 g/mol. The molecule has 0 atom stereocenters. The average Bonchev–Trinajstić information content (AvgIpc) is 3.09. The summed E-state index contributed by atoms with van der Waals surface area (Å²) in [5.74, 6) is 1.16. The first-order valence-electron chi connectivity index (χ1n) is 7.25. The average molecular weight is 340 g/mol. The summed E-state index contributed by atoms with van der Waals surface area (Å²) in [4.78, 5) is 20.4. The second-order valence-corrected chi connectivity index (χ2v) is 5.75. The molecule has 0 saturated heterocycles. The molecule has 24 heavy (non-hydrogen) atoms. The van der Waals surface area contributed by atoms with E-state index in [1.807, 2.05) is 42.8 Å². The minimum Gasteiger partial charge on any atom is -0.465 e. The second kappa shape index (κ2) is 7.10. The maximum Gasteiger partial charge on any atom is 0.337 e. The fourth-order valence-electron chi connectivity index (χ4n) is 2.11. The molecule has 0 aliphatic rings. The van der Waals surface area contributed by atoms with Crippen LogP contribution in [-0.2, 0) is 4.74 Å². The zero-order valence-electron chi connectivity index (χ0n) is 13.2. The Morgan fingerprint density at radius 1 is 1.08 bits per heavy atom. The first-order valence-corrected chi connectivity index (χ1v) is 8.13. The molecule has 3 rings (SSSR count). The molecule has 0 radical (unpaired) electrons. The number of thiazole rings is 1. The Hall–Kier alpha value is -2.93. The molecule has 6 nitrogen and oxygen atoms in total. The van der Waals surface area contributed by atoms with Crippen LogP contribution in [0.3, 0.4) is 0 Å². The van der Waals surface area contributed by atoms with Crippen LogP contribution in [0.4, 0.5) is 16.8 Å². The van der Waals surface area contributed by atoms with Crippen LogP contribution in [0.1, 0.15) is 10.4 Å². The van der Waals surface area contributed by atoms with Crippen LogP contribution in [-0.4, -0.2) is 30.1 Å². The zero-order valence-corrected chi connectivity index (χ0v) is 14.1. The summed E-state index contributed by atoms with van der Waals surface area (Å²) in [6, 6.07) is 12.8. The molecule has 122 valence electrons. The van der Waals surface area contributed by atoms with Gasteiger partial charge in [0.25, 0.3) is 0 Å². The lowest BCUT2D eigenvalue weighted by atomic mass is 10.1. The van der Waals surface area contributed by atoms with E-state index in [0.717, 1.165) is 28.0 Å². The van der Waals surface area contributed by atoms with Gasteiger partial charge in [-0.15, -0.1) is 11.3 Å². The summed E-state index contributed by atoms with van der Waals surface area (Å²) in [7, 11) is 3.19. The summed E-state index contributed by atoms with van der Waals surface area (Å²) < 4.78 is 4.70. The van der Waals surface area contributed by atoms with E-state index in [2.05, 4.69) is 20.6 Å². The van der Waals surface area contributed by atoms with Crippen LogP contribution in [0.2, 0.25) is 0 Å². The maximum absolute atomic E-state index is 11.5. The SMILES string of the molecule is CNc1cccc(Nc2nc(-c3ccc(C(=O)OC)cc3)cs2)n1. The third-order valence-electron chi connectivity index (χ3n) is 3.35. The standard InChI is InChI=1S/C17H16N4O2S/c1-18-14-4-3-5-15(20-14)21-17-19-13(10-24-17)11-6-8-12(9-7-11)16(22)23-2/h3-10H,1-2H3,(H2,18,19,20,21). The Labute approximate surface area is 143 Å². The summed E-state index contributed by atoms with van der Waals surface area (Å²) in [6.45, 7) is 0. The van der Waals surface area contributed by atoms with Gasteiger partial charge >= 0.3 is 5.97 Å². The van der Waals surface area contributed by atoms with Crippen LogP contribution in [0.5, 0.6) is 0 Å². The number of carbonyl (C=O) groups excluding carboxylic acids is 1. The largest absolute Gasteiger partial charge is 0.465 e. The van der Waals surface area contributed by atoms with Crippen molar-refractivity contribution in [3.05, 3.63) is 53.4 Å². The lowest BCUT2D eigenvalue weighted by Gasteiger charge is -2.04. The van der Waals surface area contributed by atoms with Gasteiger partial charge in [0.05, 0.1) is 18.4 Å². The summed E-state index contributed by atoms with van der Waals surface area (Å²) >= 11 is 1.49. The highest BCUT2D eigenvalue weighted by Gasteiger charge is 2.08. The molecule has 2 N–H and O–H groups in total. The number of ether oxygens (including phenoxy) is 1. The Balaban J connectivity index is 1.76. The van der Waals surface area contributed by atoms with Crippen molar-refractivity contribution in [3.8, 4) is 11.3 Å². The van der Waals surface area contributed by atoms with Gasteiger partial charge < -0.3 is 15.4 Å². The van der Waals surface area contributed by atoms with Crippen molar-refractivity contribution >= 4 is 34.1 Å². The number of anilines is 3. The third-order valence-corrected chi connectivity index (χ3v) is 4.10.